The van der Waals surface area contributed by atoms with Gasteiger partial charge >= 0.3 is 0 Å². The molecule has 27 heavy (non-hydrogen) atoms. The Hall–Kier alpha value is -2.59. The van der Waals surface area contributed by atoms with Crippen LogP contribution in [0.1, 0.15) is 31.2 Å². The van der Waals surface area contributed by atoms with Crippen LogP contribution in [0.2, 0.25) is 5.02 Å². The van der Waals surface area contributed by atoms with Crippen LogP contribution in [0.15, 0.2) is 55.3 Å². The van der Waals surface area contributed by atoms with Gasteiger partial charge in [-0.25, -0.2) is 4.98 Å². The lowest BCUT2D eigenvalue weighted by Crippen LogP contribution is -2.28. The van der Waals surface area contributed by atoms with Crippen molar-refractivity contribution >= 4 is 23.6 Å². The summed E-state index contributed by atoms with van der Waals surface area (Å²) in [4.78, 5) is 17.0. The first-order valence-corrected chi connectivity index (χ1v) is 9.42. The number of rotatable bonds is 9. The first-order valence-electron chi connectivity index (χ1n) is 9.04. The number of carbonyl (C=O) groups is 1. The molecular formula is C22H26ClN3O. The smallest absolute Gasteiger partial charge is 0.239 e. The third-order valence-corrected chi connectivity index (χ3v) is 4.38. The fourth-order valence-corrected chi connectivity index (χ4v) is 2.83. The van der Waals surface area contributed by atoms with Crippen molar-refractivity contribution in [2.75, 3.05) is 6.54 Å². The van der Waals surface area contributed by atoms with Gasteiger partial charge < -0.3 is 9.88 Å². The van der Waals surface area contributed by atoms with Crippen LogP contribution in [-0.2, 0) is 11.3 Å². The molecule has 0 aliphatic carbocycles. The van der Waals surface area contributed by atoms with E-state index in [-0.39, 0.29) is 12.5 Å². The van der Waals surface area contributed by atoms with E-state index in [1.165, 1.54) is 0 Å². The number of benzene rings is 1. The van der Waals surface area contributed by atoms with Crippen molar-refractivity contribution in [3.05, 3.63) is 71.7 Å². The fourth-order valence-electron chi connectivity index (χ4n) is 2.60. The van der Waals surface area contributed by atoms with E-state index in [9.17, 15) is 4.79 Å². The zero-order valence-electron chi connectivity index (χ0n) is 16.0. The summed E-state index contributed by atoms with van der Waals surface area (Å²) in [5.74, 6) is 0.658. The number of nitrogens with one attached hydrogen (secondary N) is 1. The molecule has 142 valence electrons. The lowest BCUT2D eigenvalue weighted by Gasteiger charge is -2.06. The maximum atomic E-state index is 12.3. The molecule has 0 radical (unpaired) electrons. The Kier molecular flexibility index (Phi) is 7.62. The predicted octanol–water partition coefficient (Wildman–Crippen LogP) is 5.18. The van der Waals surface area contributed by atoms with Crippen molar-refractivity contribution in [2.24, 2.45) is 0 Å². The third kappa shape index (κ3) is 5.97. The van der Waals surface area contributed by atoms with Crippen LogP contribution in [0.25, 0.3) is 17.3 Å². The molecule has 5 heteroatoms. The highest BCUT2D eigenvalue weighted by Gasteiger charge is 2.12. The van der Waals surface area contributed by atoms with E-state index < -0.39 is 0 Å². The summed E-state index contributed by atoms with van der Waals surface area (Å²) < 4.78 is 1.84. The molecule has 0 spiro atoms. The number of unbranched alkanes of at least 4 members (excludes halogenated alkanes) is 1. The molecular weight excluding hydrogens is 358 g/mol. The number of hydrogen-bond donors (Lipinski definition) is 1. The summed E-state index contributed by atoms with van der Waals surface area (Å²) in [7, 11) is 0. The second-order valence-electron chi connectivity index (χ2n) is 6.39. The van der Waals surface area contributed by atoms with Gasteiger partial charge in [0.1, 0.15) is 12.4 Å². The summed E-state index contributed by atoms with van der Waals surface area (Å²) in [6.07, 6.45) is 9.26. The van der Waals surface area contributed by atoms with E-state index in [2.05, 4.69) is 25.4 Å². The van der Waals surface area contributed by atoms with Gasteiger partial charge in [-0.3, -0.25) is 4.79 Å². The minimum Gasteiger partial charge on any atom is -0.355 e. The maximum Gasteiger partial charge on any atom is 0.239 e. The molecule has 1 N–H and O–H groups in total. The van der Waals surface area contributed by atoms with Crippen molar-refractivity contribution in [1.82, 2.24) is 14.9 Å². The molecule has 0 saturated carbocycles. The van der Waals surface area contributed by atoms with Crippen LogP contribution in [-0.4, -0.2) is 22.0 Å². The third-order valence-electron chi connectivity index (χ3n) is 4.15. The second-order valence-corrected chi connectivity index (χ2v) is 6.82. The van der Waals surface area contributed by atoms with Crippen molar-refractivity contribution < 1.29 is 4.79 Å². The van der Waals surface area contributed by atoms with Crippen molar-refractivity contribution in [3.63, 3.8) is 0 Å². The highest BCUT2D eigenvalue weighted by atomic mass is 35.5. The Morgan fingerprint density at radius 3 is 2.85 bits per heavy atom. The fraction of sp³-hybridized carbons (Fsp3) is 0.273. The number of nitrogens with zero attached hydrogens (tertiary/aromatic N) is 2. The minimum atomic E-state index is -0.0302. The Balaban J connectivity index is 2.33. The van der Waals surface area contributed by atoms with E-state index in [0.717, 1.165) is 35.2 Å². The summed E-state index contributed by atoms with van der Waals surface area (Å²) in [6, 6.07) is 5.69. The number of allylic oxidation sites excluding steroid dienone is 3. The van der Waals surface area contributed by atoms with E-state index in [0.29, 0.717) is 17.4 Å². The van der Waals surface area contributed by atoms with Crippen LogP contribution < -0.4 is 5.32 Å². The van der Waals surface area contributed by atoms with Crippen molar-refractivity contribution in [3.8, 4) is 11.3 Å². The summed E-state index contributed by atoms with van der Waals surface area (Å²) in [5.41, 5.74) is 3.60. The summed E-state index contributed by atoms with van der Waals surface area (Å²) >= 11 is 6.06. The Bertz CT molecular complexity index is 864. The SMILES string of the molecule is C=CC(=C)/C=C/c1nc(-c2ccc(Cl)cc2C)cn1CC(=O)NCCCC. The van der Waals surface area contributed by atoms with E-state index in [1.807, 2.05) is 48.0 Å². The van der Waals surface area contributed by atoms with Crippen LogP contribution in [0.4, 0.5) is 0 Å². The van der Waals surface area contributed by atoms with Gasteiger partial charge in [-0.1, -0.05) is 56.3 Å². The molecule has 0 saturated heterocycles. The Morgan fingerprint density at radius 1 is 1.41 bits per heavy atom. The molecule has 1 amide bonds. The maximum absolute atomic E-state index is 12.3. The van der Waals surface area contributed by atoms with Gasteiger partial charge in [-0.05, 0) is 42.7 Å². The minimum absolute atomic E-state index is 0.0302. The first-order chi connectivity index (χ1) is 12.9. The molecule has 2 aromatic rings. The zero-order chi connectivity index (χ0) is 19.8. The number of aromatic nitrogens is 2. The van der Waals surface area contributed by atoms with Crippen molar-refractivity contribution in [2.45, 2.75) is 33.2 Å². The number of hydrogen-bond acceptors (Lipinski definition) is 2. The highest BCUT2D eigenvalue weighted by Crippen LogP contribution is 2.26. The molecule has 1 heterocycles. The second kappa shape index (κ2) is 9.93. The van der Waals surface area contributed by atoms with Gasteiger partial charge in [-0.15, -0.1) is 0 Å². The largest absolute Gasteiger partial charge is 0.355 e. The number of imidazole rings is 1. The normalized spacial score (nSPS) is 10.9. The number of carbonyl (C=O) groups excluding carboxylic acids is 1. The van der Waals surface area contributed by atoms with Gasteiger partial charge in [0, 0.05) is 23.3 Å². The monoisotopic (exact) mass is 383 g/mol. The van der Waals surface area contributed by atoms with Crippen LogP contribution in [0, 0.1) is 6.92 Å². The Morgan fingerprint density at radius 2 is 2.19 bits per heavy atom. The van der Waals surface area contributed by atoms with E-state index in [4.69, 9.17) is 16.6 Å². The van der Waals surface area contributed by atoms with Gasteiger partial charge in [0.25, 0.3) is 0 Å². The molecule has 0 atom stereocenters. The number of halogens is 1. The molecule has 0 unspecified atom stereocenters. The first kappa shape index (κ1) is 20.7. The standard InChI is InChI=1S/C22H26ClN3O/c1-5-7-12-24-22(27)15-26-14-20(19-10-9-18(23)13-17(19)4)25-21(26)11-8-16(3)6-2/h6,8-11,13-14H,2-3,5,7,12,15H2,1,4H3,(H,24,27)/b11-8+. The average molecular weight is 384 g/mol. The molecule has 1 aromatic heterocycles. The lowest BCUT2D eigenvalue weighted by atomic mass is 10.1. The molecule has 0 aliphatic heterocycles. The van der Waals surface area contributed by atoms with Gasteiger partial charge in [-0.2, -0.15) is 0 Å². The number of aryl methyl sites for hydroxylation is 1. The van der Waals surface area contributed by atoms with Crippen molar-refractivity contribution in [1.29, 1.82) is 0 Å². The van der Waals surface area contributed by atoms with Crippen LogP contribution >= 0.6 is 11.6 Å². The number of amides is 1. The molecule has 0 fully saturated rings. The molecule has 2 rings (SSSR count). The highest BCUT2D eigenvalue weighted by molar-refractivity contribution is 6.30. The zero-order valence-corrected chi connectivity index (χ0v) is 16.7. The van der Waals surface area contributed by atoms with Gasteiger partial charge in [0.2, 0.25) is 5.91 Å². The van der Waals surface area contributed by atoms with Gasteiger partial charge in [0.15, 0.2) is 0 Å². The Labute approximate surface area is 166 Å². The van der Waals surface area contributed by atoms with Crippen LogP contribution in [0.3, 0.4) is 0 Å². The van der Waals surface area contributed by atoms with E-state index in [1.54, 1.807) is 6.08 Å². The van der Waals surface area contributed by atoms with E-state index >= 15 is 0 Å². The lowest BCUT2D eigenvalue weighted by molar-refractivity contribution is -0.121. The molecule has 1 aromatic carbocycles. The molecule has 0 bridgehead atoms. The van der Waals surface area contributed by atoms with Crippen LogP contribution in [0.5, 0.6) is 0 Å². The molecule has 4 nitrogen and oxygen atoms in total. The molecule has 0 aliphatic rings. The quantitative estimate of drug-likeness (QED) is 0.478. The average Bonchev–Trinajstić information content (AvgIpc) is 3.02. The topological polar surface area (TPSA) is 46.9 Å². The summed E-state index contributed by atoms with van der Waals surface area (Å²) in [5, 5.41) is 3.63. The van der Waals surface area contributed by atoms with Gasteiger partial charge in [0.05, 0.1) is 5.69 Å². The predicted molar refractivity (Wildman–Crippen MR) is 114 cm³/mol. The summed E-state index contributed by atoms with van der Waals surface area (Å²) in [6.45, 7) is 12.6.